The molecule has 0 radical (unpaired) electrons. The van der Waals surface area contributed by atoms with Gasteiger partial charge in [-0.2, -0.15) is 0 Å². The van der Waals surface area contributed by atoms with Gasteiger partial charge in [-0.3, -0.25) is 0 Å². The lowest BCUT2D eigenvalue weighted by molar-refractivity contribution is 0.455. The normalized spacial score (nSPS) is 10.6. The number of aromatic nitrogens is 1. The van der Waals surface area contributed by atoms with E-state index in [1.165, 1.54) is 12.1 Å². The third-order valence-electron chi connectivity index (χ3n) is 2.54. The zero-order chi connectivity index (χ0) is 14.5. The van der Waals surface area contributed by atoms with Crippen molar-refractivity contribution >= 4 is 27.5 Å². The Hall–Kier alpha value is -1.17. The van der Waals surface area contributed by atoms with Crippen LogP contribution in [0.25, 0.3) is 0 Å². The fourth-order valence-corrected chi connectivity index (χ4v) is 2.16. The monoisotopic (exact) mass is 358 g/mol. The number of nitrogens with zero attached hydrogens (tertiary/aromatic N) is 1. The van der Waals surface area contributed by atoms with Crippen LogP contribution in [0.15, 0.2) is 34.8 Å². The molecule has 1 aromatic carbocycles. The lowest BCUT2D eigenvalue weighted by atomic mass is 10.3. The summed E-state index contributed by atoms with van der Waals surface area (Å²) in [6.45, 7) is 3.40. The number of benzene rings is 1. The van der Waals surface area contributed by atoms with Gasteiger partial charge >= 0.3 is 0 Å². The highest BCUT2D eigenvalue weighted by molar-refractivity contribution is 9.10. The molecule has 0 unspecified atom stereocenters. The zero-order valence-electron chi connectivity index (χ0n) is 10.8. The number of halogens is 3. The quantitative estimate of drug-likeness (QED) is 0.851. The number of pyridine rings is 1. The van der Waals surface area contributed by atoms with Gasteiger partial charge in [0.2, 0.25) is 5.88 Å². The van der Waals surface area contributed by atoms with Gasteiger partial charge in [0.25, 0.3) is 0 Å². The smallest absolute Gasteiger partial charge is 0.219 e. The molecule has 1 N–H and O–H groups in total. The largest absolute Gasteiger partial charge is 0.438 e. The third-order valence-corrected chi connectivity index (χ3v) is 3.51. The van der Waals surface area contributed by atoms with E-state index in [9.17, 15) is 4.39 Å². The summed E-state index contributed by atoms with van der Waals surface area (Å²) in [6, 6.07) is 7.61. The van der Waals surface area contributed by atoms with Gasteiger partial charge in [0.05, 0.1) is 15.2 Å². The highest BCUT2D eigenvalue weighted by Gasteiger charge is 2.08. The molecule has 0 fully saturated rings. The number of hydrogen-bond donors (Lipinski definition) is 1. The Labute approximate surface area is 130 Å². The van der Waals surface area contributed by atoms with E-state index in [1.54, 1.807) is 18.2 Å². The van der Waals surface area contributed by atoms with Crippen LogP contribution in [0.1, 0.15) is 12.6 Å². The van der Waals surface area contributed by atoms with Crippen molar-refractivity contribution in [1.82, 2.24) is 10.3 Å². The van der Waals surface area contributed by atoms with Crippen molar-refractivity contribution in [2.45, 2.75) is 13.5 Å². The molecule has 1 heterocycles. The van der Waals surface area contributed by atoms with E-state index in [0.29, 0.717) is 33.4 Å². The van der Waals surface area contributed by atoms with Gasteiger partial charge in [0.1, 0.15) is 11.6 Å². The molecule has 106 valence electrons. The maximum atomic E-state index is 13.0. The molecule has 2 aromatic rings. The average molecular weight is 360 g/mol. The van der Waals surface area contributed by atoms with Crippen LogP contribution in [0.3, 0.4) is 0 Å². The van der Waals surface area contributed by atoms with E-state index in [1.807, 2.05) is 6.92 Å². The zero-order valence-corrected chi connectivity index (χ0v) is 13.1. The molecule has 1 aromatic heterocycles. The maximum absolute atomic E-state index is 13.0. The number of rotatable bonds is 5. The minimum atomic E-state index is -0.332. The second-order valence-corrected chi connectivity index (χ2v) is 5.30. The van der Waals surface area contributed by atoms with Crippen molar-refractivity contribution < 1.29 is 9.13 Å². The van der Waals surface area contributed by atoms with Gasteiger partial charge in [-0.25, -0.2) is 9.37 Å². The first kappa shape index (κ1) is 15.2. The second-order valence-electron chi connectivity index (χ2n) is 4.04. The first-order valence-electron chi connectivity index (χ1n) is 6.09. The van der Waals surface area contributed by atoms with Crippen LogP contribution in [-0.4, -0.2) is 11.5 Å². The van der Waals surface area contributed by atoms with Crippen LogP contribution in [0.5, 0.6) is 11.6 Å². The molecule has 0 spiro atoms. The van der Waals surface area contributed by atoms with E-state index in [0.717, 1.165) is 6.54 Å². The SMILES string of the molecule is CCNCc1nc(Oc2ccc(F)cc2Br)ccc1Cl. The van der Waals surface area contributed by atoms with Gasteiger partial charge in [0, 0.05) is 12.6 Å². The van der Waals surface area contributed by atoms with E-state index >= 15 is 0 Å². The third kappa shape index (κ3) is 3.91. The van der Waals surface area contributed by atoms with Crippen LogP contribution >= 0.6 is 27.5 Å². The predicted octanol–water partition coefficient (Wildman–Crippen LogP) is 4.54. The van der Waals surface area contributed by atoms with Gasteiger partial charge < -0.3 is 10.1 Å². The number of hydrogen-bond acceptors (Lipinski definition) is 3. The van der Waals surface area contributed by atoms with Gasteiger partial charge in [-0.05, 0) is 46.7 Å². The Morgan fingerprint density at radius 3 is 2.85 bits per heavy atom. The van der Waals surface area contributed by atoms with Gasteiger partial charge in [0.15, 0.2) is 0 Å². The van der Waals surface area contributed by atoms with Gasteiger partial charge in [-0.15, -0.1) is 0 Å². The molecule has 0 aliphatic carbocycles. The second kappa shape index (κ2) is 7.02. The summed E-state index contributed by atoms with van der Waals surface area (Å²) in [5.41, 5.74) is 0.712. The molecule has 0 atom stereocenters. The average Bonchev–Trinajstić information content (AvgIpc) is 2.42. The molecule has 0 saturated carbocycles. The van der Waals surface area contributed by atoms with Crippen molar-refractivity contribution in [2.75, 3.05) is 6.54 Å². The Kier molecular flexibility index (Phi) is 5.34. The first-order valence-corrected chi connectivity index (χ1v) is 7.26. The Morgan fingerprint density at radius 1 is 1.35 bits per heavy atom. The molecule has 20 heavy (non-hydrogen) atoms. The standard InChI is InChI=1S/C14H13BrClFN2O/c1-2-18-8-12-11(16)4-6-14(19-12)20-13-5-3-9(17)7-10(13)15/h3-7,18H,2,8H2,1H3. The molecular formula is C14H13BrClFN2O. The lowest BCUT2D eigenvalue weighted by Crippen LogP contribution is -2.13. The van der Waals surface area contributed by atoms with Gasteiger partial charge in [-0.1, -0.05) is 18.5 Å². The summed E-state index contributed by atoms with van der Waals surface area (Å²) in [7, 11) is 0. The fourth-order valence-electron chi connectivity index (χ4n) is 1.56. The molecule has 0 saturated heterocycles. The number of nitrogens with one attached hydrogen (secondary N) is 1. The fraction of sp³-hybridized carbons (Fsp3) is 0.214. The minimum absolute atomic E-state index is 0.332. The topological polar surface area (TPSA) is 34.2 Å². The molecule has 3 nitrogen and oxygen atoms in total. The van der Waals surface area contributed by atoms with E-state index in [2.05, 4.69) is 26.2 Å². The highest BCUT2D eigenvalue weighted by atomic mass is 79.9. The molecule has 0 amide bonds. The van der Waals surface area contributed by atoms with E-state index in [-0.39, 0.29) is 5.82 Å². The molecule has 0 aliphatic rings. The highest BCUT2D eigenvalue weighted by Crippen LogP contribution is 2.30. The molecule has 0 bridgehead atoms. The summed E-state index contributed by atoms with van der Waals surface area (Å²) < 4.78 is 19.2. The maximum Gasteiger partial charge on any atom is 0.219 e. The van der Waals surface area contributed by atoms with Crippen LogP contribution in [0.2, 0.25) is 5.02 Å². The minimum Gasteiger partial charge on any atom is -0.438 e. The Bertz CT molecular complexity index is 610. The summed E-state index contributed by atoms with van der Waals surface area (Å²) >= 11 is 9.32. The summed E-state index contributed by atoms with van der Waals surface area (Å²) in [6.07, 6.45) is 0. The summed E-state index contributed by atoms with van der Waals surface area (Å²) in [5.74, 6) is 0.575. The molecule has 6 heteroatoms. The van der Waals surface area contributed by atoms with Crippen molar-refractivity contribution in [3.63, 3.8) is 0 Å². The van der Waals surface area contributed by atoms with E-state index in [4.69, 9.17) is 16.3 Å². The summed E-state index contributed by atoms with van der Waals surface area (Å²) in [5, 5.41) is 3.73. The van der Waals surface area contributed by atoms with Crippen molar-refractivity contribution in [1.29, 1.82) is 0 Å². The van der Waals surface area contributed by atoms with Crippen molar-refractivity contribution in [3.05, 3.63) is 51.3 Å². The predicted molar refractivity (Wildman–Crippen MR) is 80.8 cm³/mol. The van der Waals surface area contributed by atoms with E-state index < -0.39 is 0 Å². The number of ether oxygens (including phenoxy) is 1. The summed E-state index contributed by atoms with van der Waals surface area (Å²) in [4.78, 5) is 4.34. The van der Waals surface area contributed by atoms with Crippen LogP contribution in [-0.2, 0) is 6.54 Å². The van der Waals surface area contributed by atoms with Crippen LogP contribution in [0, 0.1) is 5.82 Å². The first-order chi connectivity index (χ1) is 9.60. The molecular weight excluding hydrogens is 347 g/mol. The van der Waals surface area contributed by atoms with Crippen LogP contribution in [0.4, 0.5) is 4.39 Å². The van der Waals surface area contributed by atoms with Crippen molar-refractivity contribution in [3.8, 4) is 11.6 Å². The van der Waals surface area contributed by atoms with Crippen LogP contribution < -0.4 is 10.1 Å². The van der Waals surface area contributed by atoms with Crippen molar-refractivity contribution in [2.24, 2.45) is 0 Å². The Morgan fingerprint density at radius 2 is 2.15 bits per heavy atom. The molecule has 0 aliphatic heterocycles. The lowest BCUT2D eigenvalue weighted by Gasteiger charge is -2.09. The Balaban J connectivity index is 2.20. The molecule has 2 rings (SSSR count).